The lowest BCUT2D eigenvalue weighted by atomic mass is 9.90. The van der Waals surface area contributed by atoms with E-state index in [2.05, 4.69) is 25.3 Å². The van der Waals surface area contributed by atoms with E-state index in [0.717, 1.165) is 44.4 Å². The number of ketones is 1. The zero-order valence-corrected chi connectivity index (χ0v) is 36.1. The summed E-state index contributed by atoms with van der Waals surface area (Å²) in [4.78, 5) is 47.6. The molecule has 0 aliphatic heterocycles. The number of hydrogen-bond acceptors (Lipinski definition) is 12. The minimum absolute atomic E-state index is 0.0423. The summed E-state index contributed by atoms with van der Waals surface area (Å²) in [5.41, 5.74) is 0. The third-order valence-corrected chi connectivity index (χ3v) is 11.1. The van der Waals surface area contributed by atoms with Crippen LogP contribution in [0, 0.1) is 17.8 Å². The van der Waals surface area contributed by atoms with Gasteiger partial charge in [-0.15, -0.1) is 0 Å². The summed E-state index contributed by atoms with van der Waals surface area (Å²) in [6.07, 6.45) is 22.4. The van der Waals surface area contributed by atoms with E-state index in [4.69, 9.17) is 19.1 Å². The first-order valence-corrected chi connectivity index (χ1v) is 23.2. The van der Waals surface area contributed by atoms with Crippen molar-refractivity contribution in [1.29, 1.82) is 0 Å². The lowest BCUT2D eigenvalue weighted by Gasteiger charge is -2.20. The Morgan fingerprint density at radius 2 is 1.40 bits per heavy atom. The highest BCUT2D eigenvalue weighted by Crippen LogP contribution is 2.43. The second-order valence-corrected chi connectivity index (χ2v) is 17.4. The van der Waals surface area contributed by atoms with E-state index in [-0.39, 0.29) is 31.0 Å². The molecule has 0 aromatic carbocycles. The quantitative estimate of drug-likeness (QED) is 0.0177. The molecule has 0 spiro atoms. The van der Waals surface area contributed by atoms with Gasteiger partial charge >= 0.3 is 19.8 Å². The molecule has 1 aliphatic carbocycles. The first-order valence-electron chi connectivity index (χ1n) is 21.8. The molecule has 0 aromatic rings. The number of unbranched alkanes of at least 4 members (excludes halogenated alkanes) is 13. The van der Waals surface area contributed by atoms with Gasteiger partial charge in [-0.3, -0.25) is 23.4 Å². The van der Waals surface area contributed by atoms with Crippen LogP contribution in [0.25, 0.3) is 0 Å². The topological polar surface area (TPSA) is 206 Å². The number of phosphoric ester groups is 1. The van der Waals surface area contributed by atoms with Crippen molar-refractivity contribution in [1.82, 2.24) is 0 Å². The maximum Gasteiger partial charge on any atom is 0.472 e. The van der Waals surface area contributed by atoms with Gasteiger partial charge in [-0.1, -0.05) is 135 Å². The van der Waals surface area contributed by atoms with Crippen molar-refractivity contribution >= 4 is 25.5 Å². The highest BCUT2D eigenvalue weighted by Gasteiger charge is 2.39. The number of aliphatic hydroxyl groups excluding tert-OH is 4. The van der Waals surface area contributed by atoms with Gasteiger partial charge in [0.15, 0.2) is 6.10 Å². The third kappa shape index (κ3) is 28.2. The molecule has 13 nitrogen and oxygen atoms in total. The SMILES string of the molecule is CCCCC[C@H](O)/C=C/[C@H]1C(=O)C[C@H](O)[C@@H]1C/C=C\CCCC(=O)OC[C@H](COP(=O)(O)OC[C@@H](O)CO)OC(=O)CCCCCCCCCCCCCC(C)C. The van der Waals surface area contributed by atoms with Crippen molar-refractivity contribution in [3.8, 4) is 0 Å². The maximum atomic E-state index is 12.6. The summed E-state index contributed by atoms with van der Waals surface area (Å²) >= 11 is 0. The number of Topliss-reactive ketones (excluding diaryl/α,β-unsaturated/α-hetero) is 1. The average Bonchev–Trinajstić information content (AvgIpc) is 3.44. The number of phosphoric acid groups is 1. The van der Waals surface area contributed by atoms with E-state index >= 15 is 0 Å². The fourth-order valence-corrected chi connectivity index (χ4v) is 7.48. The lowest BCUT2D eigenvalue weighted by Crippen LogP contribution is -2.29. The smallest absolute Gasteiger partial charge is 0.462 e. The van der Waals surface area contributed by atoms with Gasteiger partial charge in [0.1, 0.15) is 18.5 Å². The molecule has 7 atom stereocenters. The van der Waals surface area contributed by atoms with Crippen LogP contribution in [0.1, 0.15) is 162 Å². The van der Waals surface area contributed by atoms with E-state index < -0.39 is 76.5 Å². The Morgan fingerprint density at radius 3 is 2.04 bits per heavy atom. The largest absolute Gasteiger partial charge is 0.472 e. The van der Waals surface area contributed by atoms with Crippen molar-refractivity contribution in [2.24, 2.45) is 17.8 Å². The van der Waals surface area contributed by atoms with Crippen molar-refractivity contribution in [3.63, 3.8) is 0 Å². The van der Waals surface area contributed by atoms with Gasteiger partial charge in [0.05, 0.1) is 32.0 Å². The monoisotopic (exact) mass is 833 g/mol. The lowest BCUT2D eigenvalue weighted by molar-refractivity contribution is -0.161. The van der Waals surface area contributed by atoms with Crippen LogP contribution in [0.5, 0.6) is 0 Å². The highest BCUT2D eigenvalue weighted by atomic mass is 31.2. The molecule has 0 bridgehead atoms. The average molecular weight is 833 g/mol. The van der Waals surface area contributed by atoms with Gasteiger partial charge in [0.25, 0.3) is 0 Å². The van der Waals surface area contributed by atoms with E-state index in [9.17, 15) is 39.2 Å². The first kappa shape index (κ1) is 53.1. The van der Waals surface area contributed by atoms with Crippen LogP contribution in [0.4, 0.5) is 0 Å². The Labute approximate surface area is 342 Å². The summed E-state index contributed by atoms with van der Waals surface area (Å²) in [6.45, 7) is 4.27. The molecule has 332 valence electrons. The van der Waals surface area contributed by atoms with Gasteiger partial charge in [0, 0.05) is 31.1 Å². The number of hydrogen-bond donors (Lipinski definition) is 5. The minimum Gasteiger partial charge on any atom is -0.462 e. The summed E-state index contributed by atoms with van der Waals surface area (Å²) in [5.74, 6) is -1.12. The molecular formula is C43H77O13P. The maximum absolute atomic E-state index is 12.6. The standard InChI is InChI=1S/C43H77O13P/c1-4-5-17-23-35(45)27-28-39-38(40(47)29-41(39)48)24-19-15-16-20-25-42(49)53-32-37(33-55-57(51,52)54-31-36(46)30-44)56-43(50)26-21-14-12-10-8-6-7-9-11-13-18-22-34(2)3/h15,19,27-28,34-40,44-47H,4-14,16-18,20-26,29-33H2,1-3H3,(H,51,52)/b19-15-,28-27+/t35-,36-,37+,38+,39+,40-/m0/s1. The Hall–Kier alpha value is -1.96. The van der Waals surface area contributed by atoms with Gasteiger partial charge in [0.2, 0.25) is 0 Å². The Bertz CT molecular complexity index is 1180. The van der Waals surface area contributed by atoms with Crippen LogP contribution in [0.2, 0.25) is 0 Å². The number of allylic oxidation sites excluding steroid dienone is 3. The second kappa shape index (κ2) is 32.8. The molecule has 1 saturated carbocycles. The zero-order valence-electron chi connectivity index (χ0n) is 35.2. The molecule has 0 amide bonds. The Morgan fingerprint density at radius 1 is 0.807 bits per heavy atom. The fraction of sp³-hybridized carbons (Fsp3) is 0.837. The molecule has 5 N–H and O–H groups in total. The molecule has 1 fully saturated rings. The van der Waals surface area contributed by atoms with Gasteiger partial charge in [-0.25, -0.2) is 4.57 Å². The summed E-state index contributed by atoms with van der Waals surface area (Å²) in [7, 11) is -4.68. The molecule has 1 aliphatic rings. The zero-order chi connectivity index (χ0) is 42.3. The first-order chi connectivity index (χ1) is 27.3. The van der Waals surface area contributed by atoms with Crippen molar-refractivity contribution in [2.75, 3.05) is 26.4 Å². The fourth-order valence-electron chi connectivity index (χ4n) is 6.69. The molecule has 0 aromatic heterocycles. The highest BCUT2D eigenvalue weighted by molar-refractivity contribution is 7.47. The number of carbonyl (C=O) groups excluding carboxylic acids is 3. The van der Waals surface area contributed by atoms with E-state index in [1.165, 1.54) is 51.4 Å². The van der Waals surface area contributed by atoms with Crippen LogP contribution in [0.15, 0.2) is 24.3 Å². The van der Waals surface area contributed by atoms with Crippen LogP contribution >= 0.6 is 7.82 Å². The summed E-state index contributed by atoms with van der Waals surface area (Å²) in [5, 5.41) is 39.0. The normalized spacial score (nSPS) is 20.0. The molecule has 14 heteroatoms. The number of rotatable bonds is 36. The third-order valence-electron chi connectivity index (χ3n) is 10.2. The minimum atomic E-state index is -4.68. The molecule has 1 rings (SSSR count). The Kier molecular flexibility index (Phi) is 30.6. The summed E-state index contributed by atoms with van der Waals surface area (Å²) < 4.78 is 32.6. The molecular weight excluding hydrogens is 755 g/mol. The van der Waals surface area contributed by atoms with Crippen LogP contribution in [-0.2, 0) is 37.5 Å². The van der Waals surface area contributed by atoms with Gasteiger partial charge < -0.3 is 34.8 Å². The molecule has 1 unspecified atom stereocenters. The van der Waals surface area contributed by atoms with E-state index in [1.54, 1.807) is 12.2 Å². The van der Waals surface area contributed by atoms with Crippen LogP contribution < -0.4 is 0 Å². The number of ether oxygens (including phenoxy) is 2. The molecule has 0 saturated heterocycles. The second-order valence-electron chi connectivity index (χ2n) is 16.0. The van der Waals surface area contributed by atoms with E-state index in [1.807, 2.05) is 12.2 Å². The van der Waals surface area contributed by atoms with E-state index in [0.29, 0.717) is 32.1 Å². The number of carbonyl (C=O) groups is 3. The predicted molar refractivity (Wildman–Crippen MR) is 220 cm³/mol. The molecule has 0 heterocycles. The number of aliphatic hydroxyl groups is 4. The van der Waals surface area contributed by atoms with Crippen molar-refractivity contribution < 1.29 is 62.8 Å². The predicted octanol–water partition coefficient (Wildman–Crippen LogP) is 7.84. The molecule has 0 radical (unpaired) electrons. The summed E-state index contributed by atoms with van der Waals surface area (Å²) in [6, 6.07) is 0. The Balaban J connectivity index is 2.48. The van der Waals surface area contributed by atoms with Gasteiger partial charge in [-0.05, 0) is 38.0 Å². The van der Waals surface area contributed by atoms with Crippen molar-refractivity contribution in [2.45, 2.75) is 186 Å². The van der Waals surface area contributed by atoms with Crippen molar-refractivity contribution in [3.05, 3.63) is 24.3 Å². The van der Waals surface area contributed by atoms with Gasteiger partial charge in [-0.2, -0.15) is 0 Å². The van der Waals surface area contributed by atoms with Crippen LogP contribution in [0.3, 0.4) is 0 Å². The van der Waals surface area contributed by atoms with Crippen LogP contribution in [-0.4, -0.2) is 93.9 Å². The number of esters is 2. The molecule has 57 heavy (non-hydrogen) atoms.